The molecule has 1 aromatic rings. The Kier molecular flexibility index (Phi) is 4.08. The fourth-order valence-corrected chi connectivity index (χ4v) is 3.18. The van der Waals surface area contributed by atoms with Gasteiger partial charge in [-0.1, -0.05) is 42.5 Å². The van der Waals surface area contributed by atoms with Crippen LogP contribution in [0.4, 0.5) is 0 Å². The summed E-state index contributed by atoms with van der Waals surface area (Å²) in [6.45, 7) is 4.29. The zero-order valence-corrected chi connectivity index (χ0v) is 12.4. The number of ether oxygens (including phenoxy) is 1. The lowest BCUT2D eigenvalue weighted by Gasteiger charge is -2.29. The van der Waals surface area contributed by atoms with Gasteiger partial charge in [-0.2, -0.15) is 5.06 Å². The lowest BCUT2D eigenvalue weighted by atomic mass is 9.95. The first-order valence-corrected chi connectivity index (χ1v) is 7.55. The van der Waals surface area contributed by atoms with Crippen LogP contribution < -0.4 is 0 Å². The molecule has 1 aromatic carbocycles. The standard InChI is InChI=1S/C17H21NO3/c1-3-20-17(19)16-14-10-7-11-15(14)21-18(16)12(2)13-8-5-4-6-9-13/h4-9,11-12,14-16H,3,10H2,1-2H3/t12-,14-,15+,16+/m0/s1. The monoisotopic (exact) mass is 287 g/mol. The third-order valence-corrected chi connectivity index (χ3v) is 4.27. The van der Waals surface area contributed by atoms with Gasteiger partial charge in [0.05, 0.1) is 12.6 Å². The van der Waals surface area contributed by atoms with Gasteiger partial charge in [0.2, 0.25) is 0 Å². The number of allylic oxidation sites excluding steroid dienone is 1. The van der Waals surface area contributed by atoms with Crippen molar-refractivity contribution in [3.05, 3.63) is 48.0 Å². The first kappa shape index (κ1) is 14.3. The van der Waals surface area contributed by atoms with Gasteiger partial charge >= 0.3 is 5.97 Å². The van der Waals surface area contributed by atoms with Crippen LogP contribution in [0.5, 0.6) is 0 Å². The summed E-state index contributed by atoms with van der Waals surface area (Å²) in [5.41, 5.74) is 1.13. The van der Waals surface area contributed by atoms with E-state index in [9.17, 15) is 4.79 Å². The van der Waals surface area contributed by atoms with E-state index in [1.807, 2.05) is 30.2 Å². The van der Waals surface area contributed by atoms with Gasteiger partial charge in [0, 0.05) is 5.92 Å². The molecule has 0 amide bonds. The molecule has 0 unspecified atom stereocenters. The summed E-state index contributed by atoms with van der Waals surface area (Å²) >= 11 is 0. The molecule has 1 fully saturated rings. The molecule has 1 heterocycles. The smallest absolute Gasteiger partial charge is 0.326 e. The van der Waals surface area contributed by atoms with Crippen molar-refractivity contribution in [2.45, 2.75) is 38.5 Å². The normalized spacial score (nSPS) is 29.3. The topological polar surface area (TPSA) is 38.8 Å². The van der Waals surface area contributed by atoms with Crippen LogP contribution in [0.25, 0.3) is 0 Å². The van der Waals surface area contributed by atoms with Gasteiger partial charge < -0.3 is 4.74 Å². The van der Waals surface area contributed by atoms with Gasteiger partial charge in [-0.25, -0.2) is 0 Å². The fraction of sp³-hybridized carbons (Fsp3) is 0.471. The average Bonchev–Trinajstić information content (AvgIpc) is 3.07. The summed E-state index contributed by atoms with van der Waals surface area (Å²) in [6.07, 6.45) is 5.00. The van der Waals surface area contributed by atoms with Crippen LogP contribution >= 0.6 is 0 Å². The second kappa shape index (κ2) is 6.00. The highest BCUT2D eigenvalue weighted by atomic mass is 16.7. The molecule has 3 rings (SSSR count). The van der Waals surface area contributed by atoms with E-state index in [1.165, 1.54) is 0 Å². The Labute approximate surface area is 125 Å². The molecule has 0 saturated carbocycles. The van der Waals surface area contributed by atoms with Crippen LogP contribution in [-0.4, -0.2) is 29.8 Å². The van der Waals surface area contributed by atoms with Gasteiger partial charge in [0.15, 0.2) is 0 Å². The molecule has 0 radical (unpaired) electrons. The van der Waals surface area contributed by atoms with Crippen molar-refractivity contribution in [1.29, 1.82) is 0 Å². The zero-order valence-electron chi connectivity index (χ0n) is 12.4. The Morgan fingerprint density at radius 1 is 1.43 bits per heavy atom. The second-order valence-corrected chi connectivity index (χ2v) is 5.54. The Morgan fingerprint density at radius 3 is 2.90 bits per heavy atom. The van der Waals surface area contributed by atoms with Crippen LogP contribution in [0.2, 0.25) is 0 Å². The maximum absolute atomic E-state index is 12.4. The summed E-state index contributed by atoms with van der Waals surface area (Å²) in [5.74, 6) is -0.0216. The summed E-state index contributed by atoms with van der Waals surface area (Å²) in [4.78, 5) is 18.4. The molecule has 1 saturated heterocycles. The highest BCUT2D eigenvalue weighted by Crippen LogP contribution is 2.40. The molecule has 112 valence electrons. The third-order valence-electron chi connectivity index (χ3n) is 4.27. The lowest BCUT2D eigenvalue weighted by Crippen LogP contribution is -2.41. The minimum absolute atomic E-state index is 0.00873. The SMILES string of the molecule is CCOC(=O)[C@H]1[C@H]2CC=C[C@H]2ON1[C@@H](C)c1ccccc1. The number of hydrogen-bond acceptors (Lipinski definition) is 4. The molecule has 21 heavy (non-hydrogen) atoms. The van der Waals surface area contributed by atoms with Crippen molar-refractivity contribution in [3.63, 3.8) is 0 Å². The van der Waals surface area contributed by atoms with E-state index >= 15 is 0 Å². The molecular formula is C17H21NO3. The van der Waals surface area contributed by atoms with Crippen molar-refractivity contribution in [2.75, 3.05) is 6.61 Å². The maximum atomic E-state index is 12.4. The Balaban J connectivity index is 1.85. The zero-order chi connectivity index (χ0) is 14.8. The molecule has 0 spiro atoms. The van der Waals surface area contributed by atoms with E-state index in [4.69, 9.17) is 9.57 Å². The number of esters is 1. The quantitative estimate of drug-likeness (QED) is 0.630. The molecule has 2 aliphatic rings. The molecule has 4 atom stereocenters. The van der Waals surface area contributed by atoms with Gasteiger partial charge in [-0.3, -0.25) is 9.63 Å². The third kappa shape index (κ3) is 2.61. The average molecular weight is 287 g/mol. The van der Waals surface area contributed by atoms with Crippen LogP contribution in [0.1, 0.15) is 31.9 Å². The summed E-state index contributed by atoms with van der Waals surface area (Å²) in [6, 6.07) is 9.78. The number of rotatable bonds is 4. The van der Waals surface area contributed by atoms with Crippen LogP contribution in [0, 0.1) is 5.92 Å². The van der Waals surface area contributed by atoms with Gasteiger partial charge in [-0.15, -0.1) is 0 Å². The molecule has 0 aromatic heterocycles. The van der Waals surface area contributed by atoms with Gasteiger partial charge in [0.25, 0.3) is 0 Å². The van der Waals surface area contributed by atoms with Crippen molar-refractivity contribution in [3.8, 4) is 0 Å². The predicted molar refractivity (Wildman–Crippen MR) is 79.2 cm³/mol. The molecular weight excluding hydrogens is 266 g/mol. The van der Waals surface area contributed by atoms with E-state index in [0.29, 0.717) is 6.61 Å². The minimum Gasteiger partial charge on any atom is -0.465 e. The van der Waals surface area contributed by atoms with E-state index in [1.54, 1.807) is 0 Å². The fourth-order valence-electron chi connectivity index (χ4n) is 3.18. The summed E-state index contributed by atoms with van der Waals surface area (Å²) in [7, 11) is 0. The molecule has 4 nitrogen and oxygen atoms in total. The molecule has 0 N–H and O–H groups in total. The van der Waals surface area contributed by atoms with E-state index in [0.717, 1.165) is 12.0 Å². The summed E-state index contributed by atoms with van der Waals surface area (Å²) < 4.78 is 5.26. The van der Waals surface area contributed by atoms with Crippen molar-refractivity contribution < 1.29 is 14.4 Å². The first-order chi connectivity index (χ1) is 10.2. The number of hydroxylamine groups is 2. The van der Waals surface area contributed by atoms with Crippen molar-refractivity contribution in [1.82, 2.24) is 5.06 Å². The highest BCUT2D eigenvalue weighted by molar-refractivity contribution is 5.76. The van der Waals surface area contributed by atoms with E-state index < -0.39 is 0 Å². The van der Waals surface area contributed by atoms with Crippen LogP contribution in [0.3, 0.4) is 0 Å². The number of fused-ring (bicyclic) bond motifs is 1. The number of carbonyl (C=O) groups is 1. The molecule has 1 aliphatic heterocycles. The number of nitrogens with zero attached hydrogens (tertiary/aromatic N) is 1. The van der Waals surface area contributed by atoms with Crippen molar-refractivity contribution >= 4 is 5.97 Å². The number of hydrogen-bond donors (Lipinski definition) is 0. The first-order valence-electron chi connectivity index (χ1n) is 7.55. The number of carbonyl (C=O) groups excluding carboxylic acids is 1. The second-order valence-electron chi connectivity index (χ2n) is 5.54. The summed E-state index contributed by atoms with van der Waals surface area (Å²) in [5, 5.41) is 1.83. The Bertz CT molecular complexity index is 528. The Hall–Kier alpha value is -1.65. The predicted octanol–water partition coefficient (Wildman–Crippen LogP) is 2.87. The van der Waals surface area contributed by atoms with Crippen molar-refractivity contribution in [2.24, 2.45) is 5.92 Å². The van der Waals surface area contributed by atoms with E-state index in [2.05, 4.69) is 31.2 Å². The Morgan fingerprint density at radius 2 is 2.19 bits per heavy atom. The lowest BCUT2D eigenvalue weighted by molar-refractivity contribution is -0.192. The maximum Gasteiger partial charge on any atom is 0.326 e. The number of benzene rings is 1. The van der Waals surface area contributed by atoms with Crippen LogP contribution in [-0.2, 0) is 14.4 Å². The van der Waals surface area contributed by atoms with Gasteiger partial charge in [0.1, 0.15) is 12.1 Å². The minimum atomic E-state index is -0.333. The molecule has 4 heteroatoms. The van der Waals surface area contributed by atoms with Crippen LogP contribution in [0.15, 0.2) is 42.5 Å². The highest BCUT2D eigenvalue weighted by Gasteiger charge is 2.50. The van der Waals surface area contributed by atoms with E-state index in [-0.39, 0.29) is 30.1 Å². The van der Waals surface area contributed by atoms with Gasteiger partial charge in [-0.05, 0) is 25.8 Å². The largest absolute Gasteiger partial charge is 0.465 e. The molecule has 1 aliphatic carbocycles. The molecule has 0 bridgehead atoms.